The van der Waals surface area contributed by atoms with Crippen LogP contribution in [0, 0.1) is 6.92 Å². The average molecular weight is 480 g/mol. The molecule has 0 atom stereocenters. The zero-order chi connectivity index (χ0) is 23.4. The van der Waals surface area contributed by atoms with Gasteiger partial charge in [0.2, 0.25) is 0 Å². The summed E-state index contributed by atoms with van der Waals surface area (Å²) in [4.78, 5) is 29.2. The summed E-state index contributed by atoms with van der Waals surface area (Å²) in [5.41, 5.74) is 3.12. The van der Waals surface area contributed by atoms with Gasteiger partial charge < -0.3 is 10.6 Å². The lowest BCUT2D eigenvalue weighted by Crippen LogP contribution is -2.15. The first-order chi connectivity index (χ1) is 15.9. The van der Waals surface area contributed by atoms with Crippen molar-refractivity contribution in [2.45, 2.75) is 13.5 Å². The number of pyridine rings is 1. The van der Waals surface area contributed by atoms with Crippen LogP contribution in [0.1, 0.15) is 32.0 Å². The number of nitrogens with one attached hydrogen (secondary N) is 2. The second-order valence-electron chi connectivity index (χ2n) is 7.23. The molecule has 9 heteroatoms. The van der Waals surface area contributed by atoms with Gasteiger partial charge in [-0.2, -0.15) is 5.10 Å². The molecule has 33 heavy (non-hydrogen) atoms. The highest BCUT2D eigenvalue weighted by Gasteiger charge is 2.21. The molecule has 0 aliphatic carbocycles. The number of hydrogen-bond donors (Lipinski definition) is 2. The minimum Gasteiger partial charge on any atom is -0.322 e. The van der Waals surface area contributed by atoms with Crippen LogP contribution in [0.2, 0.25) is 10.2 Å². The summed E-state index contributed by atoms with van der Waals surface area (Å²) in [6, 6.07) is 17.5. The number of carbonyl (C=O) groups excluding carboxylic acids is 2. The van der Waals surface area contributed by atoms with Gasteiger partial charge in [-0.1, -0.05) is 47.5 Å². The zero-order valence-electron chi connectivity index (χ0n) is 17.5. The molecule has 0 fully saturated rings. The Morgan fingerprint density at radius 2 is 1.58 bits per heavy atom. The van der Waals surface area contributed by atoms with Gasteiger partial charge in [0.05, 0.1) is 17.8 Å². The Balaban J connectivity index is 1.50. The second-order valence-corrected chi connectivity index (χ2v) is 7.99. The SMILES string of the molecule is Cc1nn(Cc2ccccc2Cl)c(Cl)c1C(=O)Nc1cccc(NC(=O)c2ccncc2)c1. The maximum absolute atomic E-state index is 13.0. The first-order valence-electron chi connectivity index (χ1n) is 10.0. The standard InChI is InChI=1S/C24H19Cl2N5O2/c1-15-21(22(26)31(30-15)14-17-5-2-3-8-20(17)25)24(33)29-19-7-4-6-18(13-19)28-23(32)16-9-11-27-12-10-16/h2-13H,14H2,1H3,(H,28,32)(H,29,33). The van der Waals surface area contributed by atoms with Gasteiger partial charge in [0.15, 0.2) is 0 Å². The number of nitrogens with zero attached hydrogens (tertiary/aromatic N) is 3. The third kappa shape index (κ3) is 5.22. The molecule has 4 rings (SSSR count). The lowest BCUT2D eigenvalue weighted by atomic mass is 10.2. The number of aromatic nitrogens is 3. The maximum Gasteiger partial charge on any atom is 0.260 e. The summed E-state index contributed by atoms with van der Waals surface area (Å²) in [6.45, 7) is 2.05. The van der Waals surface area contributed by atoms with Gasteiger partial charge in [0.25, 0.3) is 11.8 Å². The fraction of sp³-hybridized carbons (Fsp3) is 0.0833. The second kappa shape index (κ2) is 9.85. The summed E-state index contributed by atoms with van der Waals surface area (Å²) < 4.78 is 1.54. The van der Waals surface area contributed by atoms with E-state index in [1.165, 1.54) is 0 Å². The third-order valence-corrected chi connectivity index (χ3v) is 5.64. The Bertz CT molecular complexity index is 1320. The van der Waals surface area contributed by atoms with Crippen molar-refractivity contribution in [3.63, 3.8) is 0 Å². The molecule has 0 saturated carbocycles. The third-order valence-electron chi connectivity index (χ3n) is 4.89. The van der Waals surface area contributed by atoms with Gasteiger partial charge in [-0.15, -0.1) is 0 Å². The highest BCUT2D eigenvalue weighted by atomic mass is 35.5. The molecule has 0 spiro atoms. The van der Waals surface area contributed by atoms with E-state index < -0.39 is 5.91 Å². The zero-order valence-corrected chi connectivity index (χ0v) is 19.1. The molecule has 0 radical (unpaired) electrons. The van der Waals surface area contributed by atoms with Crippen LogP contribution >= 0.6 is 23.2 Å². The summed E-state index contributed by atoms with van der Waals surface area (Å²) >= 11 is 12.7. The number of carbonyl (C=O) groups is 2. The topological polar surface area (TPSA) is 88.9 Å². The predicted octanol–water partition coefficient (Wildman–Crippen LogP) is 5.45. The summed E-state index contributed by atoms with van der Waals surface area (Å²) in [5, 5.41) is 10.8. The Kier molecular flexibility index (Phi) is 6.72. The molecule has 0 aliphatic heterocycles. The highest BCUT2D eigenvalue weighted by molar-refractivity contribution is 6.34. The van der Waals surface area contributed by atoms with E-state index in [0.717, 1.165) is 5.56 Å². The van der Waals surface area contributed by atoms with Crippen molar-refractivity contribution >= 4 is 46.4 Å². The molecule has 166 valence electrons. The average Bonchev–Trinajstić information content (AvgIpc) is 3.09. The lowest BCUT2D eigenvalue weighted by molar-refractivity contribution is 0.101. The highest BCUT2D eigenvalue weighted by Crippen LogP contribution is 2.25. The molecule has 0 saturated heterocycles. The van der Waals surface area contributed by atoms with Crippen molar-refractivity contribution < 1.29 is 9.59 Å². The molecule has 2 aromatic carbocycles. The lowest BCUT2D eigenvalue weighted by Gasteiger charge is -2.09. The van der Waals surface area contributed by atoms with Crippen molar-refractivity contribution in [1.82, 2.24) is 14.8 Å². The van der Waals surface area contributed by atoms with Crippen LogP contribution in [0.4, 0.5) is 11.4 Å². The largest absolute Gasteiger partial charge is 0.322 e. The van der Waals surface area contributed by atoms with Crippen LogP contribution in [-0.2, 0) is 6.54 Å². The first kappa shape index (κ1) is 22.5. The number of rotatable bonds is 6. The van der Waals surface area contributed by atoms with Crippen molar-refractivity contribution in [1.29, 1.82) is 0 Å². The Hall–Kier alpha value is -3.68. The van der Waals surface area contributed by atoms with E-state index in [1.807, 2.05) is 18.2 Å². The quantitative estimate of drug-likeness (QED) is 0.384. The number of halogens is 2. The molecule has 2 aromatic heterocycles. The van der Waals surface area contributed by atoms with Crippen LogP contribution in [0.3, 0.4) is 0 Å². The maximum atomic E-state index is 13.0. The summed E-state index contributed by atoms with van der Waals surface area (Å²) in [7, 11) is 0. The normalized spacial score (nSPS) is 10.6. The monoisotopic (exact) mass is 479 g/mol. The fourth-order valence-corrected chi connectivity index (χ4v) is 3.79. The van der Waals surface area contributed by atoms with Crippen molar-refractivity contribution in [2.24, 2.45) is 0 Å². The number of amides is 2. The fourth-order valence-electron chi connectivity index (χ4n) is 3.28. The smallest absolute Gasteiger partial charge is 0.260 e. The van der Waals surface area contributed by atoms with Gasteiger partial charge >= 0.3 is 0 Å². The summed E-state index contributed by atoms with van der Waals surface area (Å²) in [6.07, 6.45) is 3.09. The van der Waals surface area contributed by atoms with E-state index in [-0.39, 0.29) is 16.6 Å². The molecule has 7 nitrogen and oxygen atoms in total. The van der Waals surface area contributed by atoms with Crippen LogP contribution in [0.5, 0.6) is 0 Å². The molecular weight excluding hydrogens is 461 g/mol. The van der Waals surface area contributed by atoms with Crippen LogP contribution in [-0.4, -0.2) is 26.6 Å². The van der Waals surface area contributed by atoms with Gasteiger partial charge in [-0.05, 0) is 48.9 Å². The Labute approximate surface area is 200 Å². The van der Waals surface area contributed by atoms with E-state index in [0.29, 0.717) is 34.2 Å². The van der Waals surface area contributed by atoms with E-state index in [2.05, 4.69) is 20.7 Å². The van der Waals surface area contributed by atoms with Crippen LogP contribution < -0.4 is 10.6 Å². The number of hydrogen-bond acceptors (Lipinski definition) is 4. The molecule has 2 heterocycles. The Morgan fingerprint density at radius 3 is 2.27 bits per heavy atom. The van der Waals surface area contributed by atoms with E-state index >= 15 is 0 Å². The molecule has 2 amide bonds. The molecule has 2 N–H and O–H groups in total. The van der Waals surface area contributed by atoms with Crippen molar-refractivity contribution in [3.8, 4) is 0 Å². The van der Waals surface area contributed by atoms with Crippen LogP contribution in [0.25, 0.3) is 0 Å². The number of aryl methyl sites for hydroxylation is 1. The number of benzene rings is 2. The number of anilines is 2. The molecule has 4 aromatic rings. The first-order valence-corrected chi connectivity index (χ1v) is 10.8. The molecular formula is C24H19Cl2N5O2. The van der Waals surface area contributed by atoms with Gasteiger partial charge in [-0.25, -0.2) is 4.68 Å². The van der Waals surface area contributed by atoms with Crippen molar-refractivity contribution in [2.75, 3.05) is 10.6 Å². The minimum atomic E-state index is -0.402. The molecule has 0 unspecified atom stereocenters. The van der Waals surface area contributed by atoms with E-state index in [9.17, 15) is 9.59 Å². The van der Waals surface area contributed by atoms with E-state index in [1.54, 1.807) is 66.5 Å². The van der Waals surface area contributed by atoms with E-state index in [4.69, 9.17) is 23.2 Å². The molecule has 0 bridgehead atoms. The molecule has 0 aliphatic rings. The van der Waals surface area contributed by atoms with Gasteiger partial charge in [0, 0.05) is 34.4 Å². The van der Waals surface area contributed by atoms with Crippen LogP contribution in [0.15, 0.2) is 73.1 Å². The van der Waals surface area contributed by atoms with Gasteiger partial charge in [-0.3, -0.25) is 14.6 Å². The summed E-state index contributed by atoms with van der Waals surface area (Å²) in [5.74, 6) is -0.680. The Morgan fingerprint density at radius 1 is 0.909 bits per heavy atom. The minimum absolute atomic E-state index is 0.215. The van der Waals surface area contributed by atoms with Gasteiger partial charge in [0.1, 0.15) is 5.15 Å². The van der Waals surface area contributed by atoms with Crippen molar-refractivity contribution in [3.05, 3.63) is 106 Å². The predicted molar refractivity (Wildman–Crippen MR) is 129 cm³/mol.